The number of methoxy groups -OCH3 is 1. The zero-order valence-electron chi connectivity index (χ0n) is 10.1. The van der Waals surface area contributed by atoms with Crippen molar-refractivity contribution in [3.05, 3.63) is 23.8 Å². The molecule has 1 N–H and O–H groups in total. The average Bonchev–Trinajstić information content (AvgIpc) is 2.38. The number of carbonyl (C=O) groups is 1. The van der Waals surface area contributed by atoms with Gasteiger partial charge in [-0.15, -0.1) is 0 Å². The van der Waals surface area contributed by atoms with E-state index >= 15 is 0 Å². The summed E-state index contributed by atoms with van der Waals surface area (Å²) < 4.78 is 5.14. The first-order valence-electron chi connectivity index (χ1n) is 5.83. The zero-order valence-corrected chi connectivity index (χ0v) is 10.1. The van der Waals surface area contributed by atoms with Crippen molar-refractivity contribution >= 4 is 11.6 Å². The molecule has 0 radical (unpaired) electrons. The Morgan fingerprint density at radius 2 is 2.35 bits per heavy atom. The van der Waals surface area contributed by atoms with Crippen molar-refractivity contribution in [3.63, 3.8) is 0 Å². The normalized spacial score (nSPS) is 18.8. The summed E-state index contributed by atoms with van der Waals surface area (Å²) in [6.45, 7) is 2.42. The Bertz CT molecular complexity index is 431. The fourth-order valence-electron chi connectivity index (χ4n) is 2.15. The highest BCUT2D eigenvalue weighted by Gasteiger charge is 2.26. The number of ether oxygens (including phenoxy) is 1. The number of nitrogens with zero attached hydrogens (tertiary/aromatic N) is 1. The van der Waals surface area contributed by atoms with E-state index in [-0.39, 0.29) is 5.91 Å². The van der Waals surface area contributed by atoms with Crippen LogP contribution in [0.5, 0.6) is 5.75 Å². The van der Waals surface area contributed by atoms with Gasteiger partial charge in [0, 0.05) is 24.2 Å². The van der Waals surface area contributed by atoms with Crippen LogP contribution in [0.15, 0.2) is 18.2 Å². The maximum absolute atomic E-state index is 11.8. The van der Waals surface area contributed by atoms with Crippen LogP contribution >= 0.6 is 0 Å². The lowest BCUT2D eigenvalue weighted by atomic mass is 9.98. The van der Waals surface area contributed by atoms with Gasteiger partial charge in [-0.05, 0) is 24.6 Å². The second kappa shape index (κ2) is 4.75. The first-order chi connectivity index (χ1) is 8.17. The Balaban J connectivity index is 2.42. The van der Waals surface area contributed by atoms with E-state index in [9.17, 15) is 9.90 Å². The molecule has 1 amide bonds. The van der Waals surface area contributed by atoms with Crippen LogP contribution in [0.2, 0.25) is 0 Å². The van der Waals surface area contributed by atoms with E-state index in [0.717, 1.165) is 11.3 Å². The fourth-order valence-corrected chi connectivity index (χ4v) is 2.15. The van der Waals surface area contributed by atoms with E-state index in [1.807, 2.05) is 19.1 Å². The molecule has 0 spiro atoms. The Kier molecular flexibility index (Phi) is 3.33. The molecule has 1 heterocycles. The first-order valence-corrected chi connectivity index (χ1v) is 5.83. The third-order valence-corrected chi connectivity index (χ3v) is 3.11. The van der Waals surface area contributed by atoms with Crippen molar-refractivity contribution in [1.82, 2.24) is 0 Å². The summed E-state index contributed by atoms with van der Waals surface area (Å²) in [4.78, 5) is 13.5. The third-order valence-electron chi connectivity index (χ3n) is 3.11. The van der Waals surface area contributed by atoms with Gasteiger partial charge in [-0.1, -0.05) is 6.92 Å². The van der Waals surface area contributed by atoms with Crippen LogP contribution in [0.3, 0.4) is 0 Å². The molecule has 4 heteroatoms. The highest BCUT2D eigenvalue weighted by molar-refractivity contribution is 5.94. The molecule has 1 aromatic carbocycles. The molecule has 1 unspecified atom stereocenters. The number of aliphatic hydroxyl groups is 1. The summed E-state index contributed by atoms with van der Waals surface area (Å²) in [5.41, 5.74) is 1.58. The van der Waals surface area contributed by atoms with Gasteiger partial charge in [0.1, 0.15) is 5.75 Å². The average molecular weight is 235 g/mol. The molecular weight excluding hydrogens is 218 g/mol. The van der Waals surface area contributed by atoms with Gasteiger partial charge in [0.2, 0.25) is 5.91 Å². The van der Waals surface area contributed by atoms with Crippen LogP contribution < -0.4 is 9.64 Å². The summed E-state index contributed by atoms with van der Waals surface area (Å²) >= 11 is 0. The third kappa shape index (κ3) is 2.13. The predicted octanol–water partition coefficient (Wildman–Crippen LogP) is 1.88. The van der Waals surface area contributed by atoms with Gasteiger partial charge in [0.15, 0.2) is 0 Å². The fraction of sp³-hybridized carbons (Fsp3) is 0.462. The van der Waals surface area contributed by atoms with Crippen molar-refractivity contribution in [3.8, 4) is 5.75 Å². The van der Waals surface area contributed by atoms with Crippen molar-refractivity contribution in [2.24, 2.45) is 0 Å². The molecule has 2 rings (SSSR count). The van der Waals surface area contributed by atoms with E-state index in [1.54, 1.807) is 18.1 Å². The van der Waals surface area contributed by atoms with E-state index in [0.29, 0.717) is 25.1 Å². The predicted molar refractivity (Wildman–Crippen MR) is 65.2 cm³/mol. The van der Waals surface area contributed by atoms with Gasteiger partial charge in [0.05, 0.1) is 13.2 Å². The highest BCUT2D eigenvalue weighted by atomic mass is 16.5. The van der Waals surface area contributed by atoms with Crippen LogP contribution in [-0.4, -0.2) is 24.7 Å². The minimum absolute atomic E-state index is 0.0864. The largest absolute Gasteiger partial charge is 0.497 e. The molecule has 92 valence electrons. The molecular formula is C13H17NO3. The monoisotopic (exact) mass is 235 g/mol. The number of anilines is 1. The lowest BCUT2D eigenvalue weighted by Crippen LogP contribution is -2.36. The molecule has 0 saturated heterocycles. The highest BCUT2D eigenvalue weighted by Crippen LogP contribution is 2.36. The van der Waals surface area contributed by atoms with Gasteiger partial charge in [0.25, 0.3) is 0 Å². The number of amides is 1. The van der Waals surface area contributed by atoms with Gasteiger partial charge < -0.3 is 14.7 Å². The SMILES string of the molecule is CCC(=O)N1CCC(O)c2cc(OC)ccc21. The molecule has 1 atom stereocenters. The molecule has 17 heavy (non-hydrogen) atoms. The van der Waals surface area contributed by atoms with Crippen LogP contribution in [0, 0.1) is 0 Å². The van der Waals surface area contributed by atoms with Crippen molar-refractivity contribution in [2.45, 2.75) is 25.9 Å². The smallest absolute Gasteiger partial charge is 0.226 e. The summed E-state index contributed by atoms with van der Waals surface area (Å²) in [6, 6.07) is 5.45. The molecule has 0 fully saturated rings. The Morgan fingerprint density at radius 1 is 1.59 bits per heavy atom. The number of hydrogen-bond donors (Lipinski definition) is 1. The summed E-state index contributed by atoms with van der Waals surface area (Å²) in [5.74, 6) is 0.789. The van der Waals surface area contributed by atoms with Gasteiger partial charge in [-0.3, -0.25) is 4.79 Å². The van der Waals surface area contributed by atoms with Crippen molar-refractivity contribution in [2.75, 3.05) is 18.6 Å². The molecule has 1 aliphatic rings. The summed E-state index contributed by atoms with van der Waals surface area (Å²) in [5, 5.41) is 9.96. The first kappa shape index (κ1) is 11.9. The number of carbonyl (C=O) groups excluding carboxylic acids is 1. The van der Waals surface area contributed by atoms with E-state index in [2.05, 4.69) is 0 Å². The van der Waals surface area contributed by atoms with Crippen LogP contribution in [0.4, 0.5) is 5.69 Å². The van der Waals surface area contributed by atoms with Gasteiger partial charge in [-0.25, -0.2) is 0 Å². The lowest BCUT2D eigenvalue weighted by molar-refractivity contribution is -0.118. The number of hydrogen-bond acceptors (Lipinski definition) is 3. The van der Waals surface area contributed by atoms with Crippen molar-refractivity contribution < 1.29 is 14.6 Å². The maximum Gasteiger partial charge on any atom is 0.226 e. The topological polar surface area (TPSA) is 49.8 Å². The summed E-state index contributed by atoms with van der Waals surface area (Å²) in [6.07, 6.45) is 0.536. The van der Waals surface area contributed by atoms with E-state index in [4.69, 9.17) is 4.74 Å². The van der Waals surface area contributed by atoms with Crippen LogP contribution in [-0.2, 0) is 4.79 Å². The molecule has 0 aromatic heterocycles. The zero-order chi connectivity index (χ0) is 12.4. The van der Waals surface area contributed by atoms with E-state index < -0.39 is 6.10 Å². The standard InChI is InChI=1S/C13H17NO3/c1-3-13(16)14-7-6-12(15)10-8-9(17-2)4-5-11(10)14/h4-5,8,12,15H,3,6-7H2,1-2H3. The minimum Gasteiger partial charge on any atom is -0.497 e. The second-order valence-corrected chi connectivity index (χ2v) is 4.13. The quantitative estimate of drug-likeness (QED) is 0.851. The van der Waals surface area contributed by atoms with Gasteiger partial charge >= 0.3 is 0 Å². The number of fused-ring (bicyclic) bond motifs is 1. The molecule has 0 saturated carbocycles. The lowest BCUT2D eigenvalue weighted by Gasteiger charge is -2.32. The van der Waals surface area contributed by atoms with Crippen LogP contribution in [0.1, 0.15) is 31.4 Å². The molecule has 1 aliphatic heterocycles. The summed E-state index contributed by atoms with van der Waals surface area (Å²) in [7, 11) is 1.59. The number of aliphatic hydroxyl groups excluding tert-OH is 1. The number of rotatable bonds is 2. The molecule has 1 aromatic rings. The van der Waals surface area contributed by atoms with Gasteiger partial charge in [-0.2, -0.15) is 0 Å². The molecule has 4 nitrogen and oxygen atoms in total. The van der Waals surface area contributed by atoms with E-state index in [1.165, 1.54) is 0 Å². The Hall–Kier alpha value is -1.55. The molecule has 0 aliphatic carbocycles. The molecule has 0 bridgehead atoms. The van der Waals surface area contributed by atoms with Crippen LogP contribution in [0.25, 0.3) is 0 Å². The maximum atomic E-state index is 11.8. The minimum atomic E-state index is -0.513. The Labute approximate surface area is 101 Å². The second-order valence-electron chi connectivity index (χ2n) is 4.13. The Morgan fingerprint density at radius 3 is 3.00 bits per heavy atom. The van der Waals surface area contributed by atoms with Crippen molar-refractivity contribution in [1.29, 1.82) is 0 Å². The number of benzene rings is 1.